The second-order valence-electron chi connectivity index (χ2n) is 6.74. The van der Waals surface area contributed by atoms with Crippen molar-refractivity contribution in [2.45, 2.75) is 33.4 Å². The van der Waals surface area contributed by atoms with E-state index >= 15 is 0 Å². The van der Waals surface area contributed by atoms with E-state index in [1.807, 2.05) is 55.3 Å². The predicted octanol–water partition coefficient (Wildman–Crippen LogP) is 4.44. The number of hydrogen-bond donors (Lipinski definition) is 0. The summed E-state index contributed by atoms with van der Waals surface area (Å²) in [5.41, 5.74) is 4.90. The molecule has 0 unspecified atom stereocenters. The summed E-state index contributed by atoms with van der Waals surface area (Å²) >= 11 is 0. The highest BCUT2D eigenvalue weighted by atomic mass is 16.2. The number of rotatable bonds is 5. The summed E-state index contributed by atoms with van der Waals surface area (Å²) in [6, 6.07) is 20.1. The first-order valence-electron chi connectivity index (χ1n) is 8.88. The SMILES string of the molecule is Cc1ccccc1CN(C(=O)c1cc(C)n(C)n1)[C@H](C)c1ccccc1. The van der Waals surface area contributed by atoms with Crippen LogP contribution >= 0.6 is 0 Å². The lowest BCUT2D eigenvalue weighted by Crippen LogP contribution is -2.33. The van der Waals surface area contributed by atoms with Gasteiger partial charge >= 0.3 is 0 Å². The van der Waals surface area contributed by atoms with E-state index in [1.54, 1.807) is 4.68 Å². The number of benzene rings is 2. The van der Waals surface area contributed by atoms with Gasteiger partial charge in [-0.25, -0.2) is 0 Å². The van der Waals surface area contributed by atoms with Crippen LogP contribution in [-0.4, -0.2) is 20.6 Å². The first-order chi connectivity index (χ1) is 12.5. The van der Waals surface area contributed by atoms with Crippen molar-refractivity contribution < 1.29 is 4.79 Å². The molecule has 4 nitrogen and oxygen atoms in total. The highest BCUT2D eigenvalue weighted by molar-refractivity contribution is 5.92. The Kier molecular flexibility index (Phi) is 5.21. The van der Waals surface area contributed by atoms with E-state index in [2.05, 4.69) is 43.2 Å². The van der Waals surface area contributed by atoms with Crippen molar-refractivity contribution in [3.8, 4) is 0 Å². The van der Waals surface area contributed by atoms with Gasteiger partial charge in [-0.3, -0.25) is 9.48 Å². The summed E-state index contributed by atoms with van der Waals surface area (Å²) in [7, 11) is 1.86. The molecule has 0 radical (unpaired) electrons. The molecule has 0 bridgehead atoms. The molecule has 134 valence electrons. The molecule has 0 saturated heterocycles. The molecule has 1 amide bonds. The minimum Gasteiger partial charge on any atom is -0.326 e. The standard InChI is InChI=1S/C22H25N3O/c1-16-10-8-9-13-20(16)15-25(18(3)19-11-6-5-7-12-19)22(26)21-14-17(2)24(4)23-21/h5-14,18H,15H2,1-4H3/t18-/m1/s1. The number of aromatic nitrogens is 2. The Hall–Kier alpha value is -2.88. The third-order valence-electron chi connectivity index (χ3n) is 4.95. The number of nitrogens with zero attached hydrogens (tertiary/aromatic N) is 3. The predicted molar refractivity (Wildman–Crippen MR) is 104 cm³/mol. The van der Waals surface area contributed by atoms with Crippen LogP contribution in [-0.2, 0) is 13.6 Å². The average molecular weight is 347 g/mol. The van der Waals surface area contributed by atoms with Gasteiger partial charge in [0.2, 0.25) is 0 Å². The van der Waals surface area contributed by atoms with Crippen LogP contribution in [0.25, 0.3) is 0 Å². The molecule has 0 fully saturated rings. The third kappa shape index (κ3) is 3.69. The Morgan fingerprint density at radius 3 is 2.35 bits per heavy atom. The van der Waals surface area contributed by atoms with Crippen molar-refractivity contribution in [1.29, 1.82) is 0 Å². The van der Waals surface area contributed by atoms with Crippen molar-refractivity contribution in [3.63, 3.8) is 0 Å². The molecular formula is C22H25N3O. The van der Waals surface area contributed by atoms with E-state index in [9.17, 15) is 4.79 Å². The average Bonchev–Trinajstić information content (AvgIpc) is 2.99. The van der Waals surface area contributed by atoms with E-state index in [0.717, 1.165) is 16.8 Å². The van der Waals surface area contributed by atoms with E-state index < -0.39 is 0 Å². The molecule has 4 heteroatoms. The van der Waals surface area contributed by atoms with Crippen LogP contribution in [0.3, 0.4) is 0 Å². The lowest BCUT2D eigenvalue weighted by Gasteiger charge is -2.30. The van der Waals surface area contributed by atoms with Gasteiger partial charge in [-0.2, -0.15) is 5.10 Å². The second kappa shape index (κ2) is 7.56. The minimum absolute atomic E-state index is 0.0479. The Morgan fingerprint density at radius 1 is 1.08 bits per heavy atom. The van der Waals surface area contributed by atoms with Crippen LogP contribution in [0.15, 0.2) is 60.7 Å². The normalized spacial score (nSPS) is 12.0. The highest BCUT2D eigenvalue weighted by Gasteiger charge is 2.25. The summed E-state index contributed by atoms with van der Waals surface area (Å²) in [5, 5.41) is 4.40. The summed E-state index contributed by atoms with van der Waals surface area (Å²) < 4.78 is 1.74. The molecular weight excluding hydrogens is 322 g/mol. The Labute approximate surface area is 155 Å². The Bertz CT molecular complexity index is 879. The fraction of sp³-hybridized carbons (Fsp3) is 0.273. The quantitative estimate of drug-likeness (QED) is 0.684. The number of carbonyl (C=O) groups is 1. The summed E-state index contributed by atoms with van der Waals surface area (Å²) in [6.07, 6.45) is 0. The zero-order valence-corrected chi connectivity index (χ0v) is 15.8. The largest absolute Gasteiger partial charge is 0.326 e. The fourth-order valence-electron chi connectivity index (χ4n) is 3.08. The van der Waals surface area contributed by atoms with Crippen LogP contribution in [0.5, 0.6) is 0 Å². The molecule has 1 atom stereocenters. The molecule has 0 N–H and O–H groups in total. The molecule has 0 aliphatic heterocycles. The van der Waals surface area contributed by atoms with Gasteiger partial charge in [0.05, 0.1) is 6.04 Å². The summed E-state index contributed by atoms with van der Waals surface area (Å²) in [4.78, 5) is 15.2. The topological polar surface area (TPSA) is 38.1 Å². The van der Waals surface area contributed by atoms with Gasteiger partial charge in [0.25, 0.3) is 5.91 Å². The molecule has 0 spiro atoms. The molecule has 3 aromatic rings. The van der Waals surface area contributed by atoms with E-state index in [-0.39, 0.29) is 11.9 Å². The maximum absolute atomic E-state index is 13.3. The number of carbonyl (C=O) groups excluding carboxylic acids is 1. The zero-order chi connectivity index (χ0) is 18.7. The molecule has 0 aliphatic rings. The third-order valence-corrected chi connectivity index (χ3v) is 4.95. The van der Waals surface area contributed by atoms with Gasteiger partial charge in [-0.15, -0.1) is 0 Å². The van der Waals surface area contributed by atoms with Crippen LogP contribution in [0.4, 0.5) is 0 Å². The first-order valence-corrected chi connectivity index (χ1v) is 8.88. The maximum Gasteiger partial charge on any atom is 0.275 e. The van der Waals surface area contributed by atoms with Gasteiger partial charge in [-0.1, -0.05) is 54.6 Å². The fourth-order valence-corrected chi connectivity index (χ4v) is 3.08. The van der Waals surface area contributed by atoms with E-state index in [0.29, 0.717) is 12.2 Å². The van der Waals surface area contributed by atoms with Gasteiger partial charge in [-0.05, 0) is 43.5 Å². The molecule has 26 heavy (non-hydrogen) atoms. The van der Waals surface area contributed by atoms with Crippen LogP contribution in [0, 0.1) is 13.8 Å². The van der Waals surface area contributed by atoms with Gasteiger partial charge in [0, 0.05) is 19.3 Å². The van der Waals surface area contributed by atoms with Crippen LogP contribution in [0.2, 0.25) is 0 Å². The lowest BCUT2D eigenvalue weighted by molar-refractivity contribution is 0.0667. The van der Waals surface area contributed by atoms with E-state index in [1.165, 1.54) is 5.56 Å². The monoisotopic (exact) mass is 347 g/mol. The number of hydrogen-bond acceptors (Lipinski definition) is 2. The van der Waals surface area contributed by atoms with Crippen molar-refractivity contribution in [2.24, 2.45) is 7.05 Å². The molecule has 3 rings (SSSR count). The Morgan fingerprint density at radius 2 is 1.73 bits per heavy atom. The molecule has 2 aromatic carbocycles. The summed E-state index contributed by atoms with van der Waals surface area (Å²) in [5.74, 6) is -0.0479. The molecule has 0 aliphatic carbocycles. The van der Waals surface area contributed by atoms with Crippen molar-refractivity contribution in [1.82, 2.24) is 14.7 Å². The van der Waals surface area contributed by atoms with Gasteiger partial charge in [0.1, 0.15) is 0 Å². The lowest BCUT2D eigenvalue weighted by atomic mass is 10.0. The van der Waals surface area contributed by atoms with Crippen molar-refractivity contribution >= 4 is 5.91 Å². The maximum atomic E-state index is 13.3. The summed E-state index contributed by atoms with van der Waals surface area (Å²) in [6.45, 7) is 6.66. The smallest absolute Gasteiger partial charge is 0.275 e. The second-order valence-corrected chi connectivity index (χ2v) is 6.74. The van der Waals surface area contributed by atoms with Gasteiger partial charge in [0.15, 0.2) is 5.69 Å². The van der Waals surface area contributed by atoms with Crippen molar-refractivity contribution in [2.75, 3.05) is 0 Å². The van der Waals surface area contributed by atoms with Crippen LogP contribution in [0.1, 0.15) is 45.8 Å². The van der Waals surface area contributed by atoms with Gasteiger partial charge < -0.3 is 4.90 Å². The Balaban J connectivity index is 1.98. The minimum atomic E-state index is -0.0504. The zero-order valence-electron chi connectivity index (χ0n) is 15.8. The molecule has 1 heterocycles. The number of amides is 1. The van der Waals surface area contributed by atoms with E-state index in [4.69, 9.17) is 0 Å². The number of aryl methyl sites for hydroxylation is 3. The van der Waals surface area contributed by atoms with Crippen molar-refractivity contribution in [3.05, 3.63) is 88.7 Å². The highest BCUT2D eigenvalue weighted by Crippen LogP contribution is 2.25. The first kappa shape index (κ1) is 17.9. The molecule has 1 aromatic heterocycles. The van der Waals surface area contributed by atoms with Crippen LogP contribution < -0.4 is 0 Å². The molecule has 0 saturated carbocycles.